The molecule has 16 heavy (non-hydrogen) atoms. The predicted octanol–water partition coefficient (Wildman–Crippen LogP) is 2.91. The Bertz CT molecular complexity index is 334. The third-order valence-corrected chi connectivity index (χ3v) is 8.57. The van der Waals surface area contributed by atoms with Crippen LogP contribution in [0.4, 0.5) is 0 Å². The van der Waals surface area contributed by atoms with Crippen molar-refractivity contribution in [1.29, 1.82) is 0 Å². The fourth-order valence-electron chi connectivity index (χ4n) is 2.92. The Hall–Kier alpha value is -0.603. The summed E-state index contributed by atoms with van der Waals surface area (Å²) in [7, 11) is -1.38. The lowest BCUT2D eigenvalue weighted by Crippen LogP contribution is -2.47. The van der Waals surface area contributed by atoms with E-state index in [0.717, 1.165) is 18.4 Å². The van der Waals surface area contributed by atoms with E-state index in [9.17, 15) is 5.11 Å². The number of benzene rings is 1. The minimum atomic E-state index is -1.38. The maximum Gasteiger partial charge on any atom is 0.0837 e. The summed E-state index contributed by atoms with van der Waals surface area (Å²) in [5.74, 6) is 0. The zero-order chi connectivity index (χ0) is 11.6. The first kappa shape index (κ1) is 11.9. The fraction of sp³-hybridized carbons (Fsp3) is 0.571. The minimum absolute atomic E-state index is 0.0470. The monoisotopic (exact) mass is 234 g/mol. The van der Waals surface area contributed by atoms with Gasteiger partial charge in [-0.3, -0.25) is 0 Å². The van der Waals surface area contributed by atoms with Gasteiger partial charge in [0.05, 0.1) is 14.2 Å². The Morgan fingerprint density at radius 1 is 1.12 bits per heavy atom. The number of hydrogen-bond acceptors (Lipinski definition) is 1. The van der Waals surface area contributed by atoms with E-state index < -0.39 is 8.07 Å². The zero-order valence-corrected chi connectivity index (χ0v) is 11.3. The molecule has 0 unspecified atom stereocenters. The van der Waals surface area contributed by atoms with Crippen LogP contribution in [0.15, 0.2) is 30.3 Å². The predicted molar refractivity (Wildman–Crippen MR) is 71.8 cm³/mol. The summed E-state index contributed by atoms with van der Waals surface area (Å²) < 4.78 is 0. The Balaban J connectivity index is 2.18. The highest BCUT2D eigenvalue weighted by Crippen LogP contribution is 2.36. The van der Waals surface area contributed by atoms with Crippen LogP contribution >= 0.6 is 0 Å². The molecule has 2 heteroatoms. The maximum absolute atomic E-state index is 9.81. The molecule has 88 valence electrons. The third kappa shape index (κ3) is 2.38. The van der Waals surface area contributed by atoms with E-state index in [0.29, 0.717) is 0 Å². The Labute approximate surface area is 99.5 Å². The molecular formula is C14H22OSi. The van der Waals surface area contributed by atoms with Crippen LogP contribution in [0.2, 0.25) is 18.6 Å². The van der Waals surface area contributed by atoms with Crippen molar-refractivity contribution < 1.29 is 5.11 Å². The van der Waals surface area contributed by atoms with Crippen LogP contribution in [-0.4, -0.2) is 19.3 Å². The number of rotatable bonds is 2. The van der Waals surface area contributed by atoms with Gasteiger partial charge in [0.1, 0.15) is 0 Å². The molecule has 0 amide bonds. The molecule has 0 radical (unpaired) electrons. The molecule has 0 heterocycles. The van der Waals surface area contributed by atoms with Crippen molar-refractivity contribution in [2.75, 3.05) is 0 Å². The first-order valence-electron chi connectivity index (χ1n) is 6.34. The van der Waals surface area contributed by atoms with Crippen molar-refractivity contribution in [3.8, 4) is 0 Å². The van der Waals surface area contributed by atoms with Gasteiger partial charge in [-0.1, -0.05) is 61.5 Å². The van der Waals surface area contributed by atoms with Gasteiger partial charge in [-0.05, 0) is 18.4 Å². The molecule has 0 aromatic heterocycles. The Morgan fingerprint density at radius 3 is 2.44 bits per heavy atom. The van der Waals surface area contributed by atoms with Crippen LogP contribution in [0.3, 0.4) is 0 Å². The van der Waals surface area contributed by atoms with Gasteiger partial charge in [0.25, 0.3) is 0 Å². The van der Waals surface area contributed by atoms with Gasteiger partial charge in [-0.2, -0.15) is 0 Å². The molecule has 0 aliphatic heterocycles. The third-order valence-electron chi connectivity index (χ3n) is 4.18. The summed E-state index contributed by atoms with van der Waals surface area (Å²) in [6.07, 6.45) is 4.50. The van der Waals surface area contributed by atoms with Crippen LogP contribution in [0.25, 0.3) is 0 Å². The van der Waals surface area contributed by atoms with E-state index >= 15 is 0 Å². The molecule has 1 saturated carbocycles. The van der Waals surface area contributed by atoms with Gasteiger partial charge in [-0.15, -0.1) is 0 Å². The summed E-state index contributed by atoms with van der Waals surface area (Å²) in [6, 6.07) is 10.9. The molecular weight excluding hydrogens is 212 g/mol. The molecule has 1 aliphatic carbocycles. The molecule has 1 aromatic rings. The average molecular weight is 234 g/mol. The Morgan fingerprint density at radius 2 is 1.81 bits per heavy atom. The largest absolute Gasteiger partial charge is 0.393 e. The Kier molecular flexibility index (Phi) is 3.50. The molecule has 0 bridgehead atoms. The van der Waals surface area contributed by atoms with Crippen molar-refractivity contribution in [3.05, 3.63) is 30.3 Å². The van der Waals surface area contributed by atoms with Crippen molar-refractivity contribution >= 4 is 13.3 Å². The second kappa shape index (κ2) is 4.72. The molecule has 1 fully saturated rings. The van der Waals surface area contributed by atoms with Gasteiger partial charge < -0.3 is 5.11 Å². The van der Waals surface area contributed by atoms with Crippen molar-refractivity contribution in [3.63, 3.8) is 0 Å². The molecule has 1 aliphatic rings. The highest BCUT2D eigenvalue weighted by atomic mass is 28.3. The summed E-state index contributed by atoms with van der Waals surface area (Å²) in [4.78, 5) is 0. The highest BCUT2D eigenvalue weighted by molar-refractivity contribution is 6.91. The lowest BCUT2D eigenvalue weighted by atomic mass is 9.97. The highest BCUT2D eigenvalue weighted by Gasteiger charge is 2.36. The zero-order valence-electron chi connectivity index (χ0n) is 10.3. The second-order valence-corrected chi connectivity index (χ2v) is 10.4. The molecule has 1 N–H and O–H groups in total. The molecule has 1 aromatic carbocycles. The van der Waals surface area contributed by atoms with Crippen molar-refractivity contribution in [2.24, 2.45) is 0 Å². The quantitative estimate of drug-likeness (QED) is 0.780. The standard InChI is InChI=1S/C14H22OSi/c1-16(2,13-8-4-3-5-9-13)14-10-6-7-12(15)11-14/h3-5,8-9,12,14-15H,6-7,10-11H2,1-2H3/t12-,14+/m0/s1. The lowest BCUT2D eigenvalue weighted by molar-refractivity contribution is 0.129. The number of aliphatic hydroxyl groups excluding tert-OH is 1. The SMILES string of the molecule is C[Si](C)(c1ccccc1)[C@@H]1CCC[C@H](O)C1. The summed E-state index contributed by atoms with van der Waals surface area (Å²) in [5, 5.41) is 11.3. The molecule has 0 spiro atoms. The van der Waals surface area contributed by atoms with Crippen LogP contribution < -0.4 is 5.19 Å². The van der Waals surface area contributed by atoms with Gasteiger partial charge in [0.15, 0.2) is 0 Å². The summed E-state index contributed by atoms with van der Waals surface area (Å²) in [6.45, 7) is 4.90. The van der Waals surface area contributed by atoms with E-state index in [-0.39, 0.29) is 6.10 Å². The van der Waals surface area contributed by atoms with Crippen molar-refractivity contribution in [2.45, 2.75) is 50.4 Å². The number of hydrogen-bond donors (Lipinski definition) is 1. The van der Waals surface area contributed by atoms with E-state index in [1.807, 2.05) is 0 Å². The van der Waals surface area contributed by atoms with E-state index in [2.05, 4.69) is 43.4 Å². The number of aliphatic hydroxyl groups is 1. The topological polar surface area (TPSA) is 20.2 Å². The normalized spacial score (nSPS) is 26.7. The first-order valence-corrected chi connectivity index (χ1v) is 9.42. The smallest absolute Gasteiger partial charge is 0.0837 e. The van der Waals surface area contributed by atoms with Crippen LogP contribution in [0.5, 0.6) is 0 Å². The van der Waals surface area contributed by atoms with E-state index in [1.54, 1.807) is 0 Å². The molecule has 1 nitrogen and oxygen atoms in total. The fourth-order valence-corrected chi connectivity index (χ4v) is 6.23. The molecule has 2 rings (SSSR count). The van der Waals surface area contributed by atoms with Gasteiger partial charge in [0, 0.05) is 0 Å². The average Bonchev–Trinajstić information content (AvgIpc) is 2.30. The van der Waals surface area contributed by atoms with Crippen LogP contribution in [0, 0.1) is 0 Å². The van der Waals surface area contributed by atoms with E-state index in [1.165, 1.54) is 18.0 Å². The van der Waals surface area contributed by atoms with E-state index in [4.69, 9.17) is 0 Å². The first-order chi connectivity index (χ1) is 7.60. The second-order valence-electron chi connectivity index (χ2n) is 5.61. The van der Waals surface area contributed by atoms with Gasteiger partial charge in [-0.25, -0.2) is 0 Å². The van der Waals surface area contributed by atoms with Crippen LogP contribution in [0.1, 0.15) is 25.7 Å². The van der Waals surface area contributed by atoms with Crippen molar-refractivity contribution in [1.82, 2.24) is 0 Å². The van der Waals surface area contributed by atoms with Crippen LogP contribution in [-0.2, 0) is 0 Å². The minimum Gasteiger partial charge on any atom is -0.393 e. The molecule has 2 atom stereocenters. The maximum atomic E-state index is 9.81. The lowest BCUT2D eigenvalue weighted by Gasteiger charge is -2.37. The van der Waals surface area contributed by atoms with Gasteiger partial charge in [0.2, 0.25) is 0 Å². The summed E-state index contributed by atoms with van der Waals surface area (Å²) in [5.41, 5.74) is 0.749. The van der Waals surface area contributed by atoms with Gasteiger partial charge >= 0.3 is 0 Å². The molecule has 0 saturated heterocycles. The summed E-state index contributed by atoms with van der Waals surface area (Å²) >= 11 is 0.